The monoisotopic (exact) mass is 335 g/mol. The van der Waals surface area contributed by atoms with Gasteiger partial charge in [-0.25, -0.2) is 9.78 Å². The second-order valence-corrected chi connectivity index (χ2v) is 5.30. The van der Waals surface area contributed by atoms with Crippen molar-refractivity contribution >= 4 is 28.3 Å². The first-order valence-corrected chi connectivity index (χ1v) is 7.92. The summed E-state index contributed by atoms with van der Waals surface area (Å²) in [6, 6.07) is 13.6. The molecule has 0 unspecified atom stereocenters. The molecular weight excluding hydrogens is 318 g/mol. The van der Waals surface area contributed by atoms with Gasteiger partial charge in [0.2, 0.25) is 0 Å². The van der Waals surface area contributed by atoms with Gasteiger partial charge in [-0.05, 0) is 18.4 Å². The second kappa shape index (κ2) is 7.53. The highest BCUT2D eigenvalue weighted by Crippen LogP contribution is 2.26. The first-order valence-electron chi connectivity index (χ1n) is 7.92. The number of hydrogen-bond donors (Lipinski definition) is 0. The maximum absolute atomic E-state index is 12.6. The Hall–Kier alpha value is -3.28. The molecule has 0 N–H and O–H groups in total. The van der Waals surface area contributed by atoms with Crippen molar-refractivity contribution in [3.05, 3.63) is 66.7 Å². The summed E-state index contributed by atoms with van der Waals surface area (Å²) < 4.78 is 5.07. The highest BCUT2D eigenvalue weighted by atomic mass is 16.5. The molecule has 126 valence electrons. The number of benzene rings is 2. The number of ether oxygens (including phenoxy) is 1. The molecular formula is C19H17N3O3. The van der Waals surface area contributed by atoms with Crippen LogP contribution >= 0.6 is 0 Å². The van der Waals surface area contributed by atoms with E-state index in [4.69, 9.17) is 4.74 Å². The second-order valence-electron chi connectivity index (χ2n) is 5.30. The van der Waals surface area contributed by atoms with Crippen LogP contribution in [0.2, 0.25) is 0 Å². The number of fused-ring (bicyclic) bond motifs is 1. The summed E-state index contributed by atoms with van der Waals surface area (Å²) in [5, 5.41) is 2.02. The third-order valence-electron chi connectivity index (χ3n) is 3.77. The van der Waals surface area contributed by atoms with Gasteiger partial charge in [-0.3, -0.25) is 9.78 Å². The van der Waals surface area contributed by atoms with Gasteiger partial charge in [-0.2, -0.15) is 0 Å². The van der Waals surface area contributed by atoms with Gasteiger partial charge in [0, 0.05) is 24.3 Å². The Labute approximate surface area is 145 Å². The minimum Gasteiger partial charge on any atom is -0.451 e. The van der Waals surface area contributed by atoms with Crippen molar-refractivity contribution < 1.29 is 14.3 Å². The normalized spacial score (nSPS) is 10.4. The lowest BCUT2D eigenvalue weighted by molar-refractivity contribution is -0.121. The predicted molar refractivity (Wildman–Crippen MR) is 94.3 cm³/mol. The largest absolute Gasteiger partial charge is 0.451 e. The Morgan fingerprint density at radius 2 is 1.88 bits per heavy atom. The number of carbonyl (C=O) groups excluding carboxylic acids is 2. The van der Waals surface area contributed by atoms with Crippen LogP contribution in [0.5, 0.6) is 0 Å². The molecule has 25 heavy (non-hydrogen) atoms. The SMILES string of the molecule is CCN(C(=O)COC(=O)c1cnccn1)c1cccc2ccccc12. The number of carbonyl (C=O) groups is 2. The van der Waals surface area contributed by atoms with Crippen LogP contribution in [0.1, 0.15) is 17.4 Å². The first-order chi connectivity index (χ1) is 12.2. The summed E-state index contributed by atoms with van der Waals surface area (Å²) in [6.45, 7) is 1.99. The van der Waals surface area contributed by atoms with Gasteiger partial charge in [0.15, 0.2) is 12.3 Å². The average Bonchev–Trinajstić information content (AvgIpc) is 2.67. The molecule has 1 aromatic heterocycles. The molecule has 2 aromatic carbocycles. The molecule has 0 atom stereocenters. The summed E-state index contributed by atoms with van der Waals surface area (Å²) in [7, 11) is 0. The van der Waals surface area contributed by atoms with Gasteiger partial charge < -0.3 is 9.64 Å². The highest BCUT2D eigenvalue weighted by molar-refractivity contribution is 6.04. The van der Waals surface area contributed by atoms with Gasteiger partial charge >= 0.3 is 5.97 Å². The lowest BCUT2D eigenvalue weighted by Crippen LogP contribution is -2.34. The smallest absolute Gasteiger partial charge is 0.359 e. The Kier molecular flexibility index (Phi) is 4.99. The molecule has 0 saturated carbocycles. The quantitative estimate of drug-likeness (QED) is 0.670. The Morgan fingerprint density at radius 1 is 1.08 bits per heavy atom. The van der Waals surface area contributed by atoms with E-state index in [1.165, 1.54) is 18.6 Å². The lowest BCUT2D eigenvalue weighted by Gasteiger charge is -2.22. The molecule has 3 aromatic rings. The molecule has 1 heterocycles. The number of aromatic nitrogens is 2. The van der Waals surface area contributed by atoms with E-state index in [0.717, 1.165) is 16.5 Å². The molecule has 0 radical (unpaired) electrons. The van der Waals surface area contributed by atoms with E-state index < -0.39 is 5.97 Å². The number of rotatable bonds is 5. The van der Waals surface area contributed by atoms with Crippen LogP contribution in [0.15, 0.2) is 61.1 Å². The number of esters is 1. The summed E-state index contributed by atoms with van der Waals surface area (Å²) in [6.07, 6.45) is 4.16. The summed E-state index contributed by atoms with van der Waals surface area (Å²) in [5.41, 5.74) is 0.865. The number of nitrogens with zero attached hydrogens (tertiary/aromatic N) is 3. The van der Waals surface area contributed by atoms with E-state index >= 15 is 0 Å². The maximum atomic E-state index is 12.6. The molecule has 0 aliphatic carbocycles. The number of likely N-dealkylation sites (N-methyl/N-ethyl adjacent to an activating group) is 1. The number of hydrogen-bond acceptors (Lipinski definition) is 5. The molecule has 0 saturated heterocycles. The fraction of sp³-hybridized carbons (Fsp3) is 0.158. The van der Waals surface area contributed by atoms with Crippen LogP contribution in [0.3, 0.4) is 0 Å². The third-order valence-corrected chi connectivity index (χ3v) is 3.77. The molecule has 6 nitrogen and oxygen atoms in total. The zero-order chi connectivity index (χ0) is 17.6. The van der Waals surface area contributed by atoms with Gasteiger partial charge in [0.05, 0.1) is 11.9 Å². The zero-order valence-corrected chi connectivity index (χ0v) is 13.8. The average molecular weight is 335 g/mol. The Balaban J connectivity index is 1.76. The summed E-state index contributed by atoms with van der Waals surface area (Å²) in [5.74, 6) is -0.966. The van der Waals surface area contributed by atoms with E-state index in [1.54, 1.807) is 4.90 Å². The molecule has 0 aliphatic rings. The van der Waals surface area contributed by atoms with Crippen molar-refractivity contribution in [1.82, 2.24) is 9.97 Å². The molecule has 0 fully saturated rings. The van der Waals surface area contributed by atoms with Crippen LogP contribution in [-0.2, 0) is 9.53 Å². The molecule has 3 rings (SSSR count). The van der Waals surface area contributed by atoms with E-state index in [9.17, 15) is 9.59 Å². The fourth-order valence-corrected chi connectivity index (χ4v) is 2.61. The van der Waals surface area contributed by atoms with E-state index in [-0.39, 0.29) is 18.2 Å². The molecule has 0 bridgehead atoms. The minimum absolute atomic E-state index is 0.0727. The van der Waals surface area contributed by atoms with E-state index in [0.29, 0.717) is 6.54 Å². The topological polar surface area (TPSA) is 72.4 Å². The standard InChI is InChI=1S/C19H17N3O3/c1-2-22(17-9-5-7-14-6-3-4-8-15(14)17)18(23)13-25-19(24)16-12-20-10-11-21-16/h3-12H,2,13H2,1H3. The van der Waals surface area contributed by atoms with Gasteiger partial charge in [0.25, 0.3) is 5.91 Å². The van der Waals surface area contributed by atoms with Crippen molar-refractivity contribution in [3.63, 3.8) is 0 Å². The van der Waals surface area contributed by atoms with Gasteiger partial charge in [0.1, 0.15) is 0 Å². The van der Waals surface area contributed by atoms with Crippen LogP contribution < -0.4 is 4.90 Å². The van der Waals surface area contributed by atoms with Crippen molar-refractivity contribution in [3.8, 4) is 0 Å². The predicted octanol–water partition coefficient (Wildman–Crippen LogP) is 2.84. The molecule has 6 heteroatoms. The van der Waals surface area contributed by atoms with Crippen molar-refractivity contribution in [2.45, 2.75) is 6.92 Å². The van der Waals surface area contributed by atoms with Crippen molar-refractivity contribution in [2.75, 3.05) is 18.1 Å². The highest BCUT2D eigenvalue weighted by Gasteiger charge is 2.19. The van der Waals surface area contributed by atoms with E-state index in [2.05, 4.69) is 9.97 Å². The van der Waals surface area contributed by atoms with Crippen molar-refractivity contribution in [2.24, 2.45) is 0 Å². The van der Waals surface area contributed by atoms with Crippen LogP contribution in [0, 0.1) is 0 Å². The van der Waals surface area contributed by atoms with Gasteiger partial charge in [-0.15, -0.1) is 0 Å². The van der Waals surface area contributed by atoms with Gasteiger partial charge in [-0.1, -0.05) is 36.4 Å². The van der Waals surface area contributed by atoms with Crippen molar-refractivity contribution in [1.29, 1.82) is 0 Å². The van der Waals surface area contributed by atoms with Crippen LogP contribution in [0.25, 0.3) is 10.8 Å². The summed E-state index contributed by atoms with van der Waals surface area (Å²) >= 11 is 0. The zero-order valence-electron chi connectivity index (χ0n) is 13.8. The summed E-state index contributed by atoms with van der Waals surface area (Å²) in [4.78, 5) is 33.7. The van der Waals surface area contributed by atoms with Crippen LogP contribution in [-0.4, -0.2) is 35.0 Å². The number of anilines is 1. The maximum Gasteiger partial charge on any atom is 0.359 e. The van der Waals surface area contributed by atoms with Crippen LogP contribution in [0.4, 0.5) is 5.69 Å². The first kappa shape index (κ1) is 16.6. The fourth-order valence-electron chi connectivity index (χ4n) is 2.61. The molecule has 0 aliphatic heterocycles. The Morgan fingerprint density at radius 3 is 2.64 bits per heavy atom. The molecule has 0 spiro atoms. The Bertz CT molecular complexity index is 891. The molecule has 1 amide bonds. The third kappa shape index (κ3) is 3.63. The lowest BCUT2D eigenvalue weighted by atomic mass is 10.1. The number of amides is 1. The minimum atomic E-state index is -0.671. The van der Waals surface area contributed by atoms with E-state index in [1.807, 2.05) is 49.4 Å².